The molecular formula is C16H35N3O4. The molecule has 0 unspecified atom stereocenters. The molecule has 0 aliphatic rings. The highest BCUT2D eigenvalue weighted by atomic mass is 17.0. The van der Waals surface area contributed by atoms with E-state index in [1.54, 1.807) is 11.8 Å². The van der Waals surface area contributed by atoms with E-state index >= 15 is 0 Å². The van der Waals surface area contributed by atoms with Gasteiger partial charge in [0.05, 0.1) is 17.5 Å². The lowest BCUT2D eigenvalue weighted by Crippen LogP contribution is -2.32. The van der Waals surface area contributed by atoms with Gasteiger partial charge in [0.15, 0.2) is 0 Å². The molecule has 0 radical (unpaired) electrons. The monoisotopic (exact) mass is 333 g/mol. The molecule has 1 aromatic heterocycles. The van der Waals surface area contributed by atoms with Crippen molar-refractivity contribution in [3.63, 3.8) is 0 Å². The maximum absolute atomic E-state index is 6.00. The molecule has 0 spiro atoms. The summed E-state index contributed by atoms with van der Waals surface area (Å²) >= 11 is 0. The molecule has 23 heavy (non-hydrogen) atoms. The van der Waals surface area contributed by atoms with Crippen molar-refractivity contribution in [3.8, 4) is 0 Å². The Hall–Kier alpha value is -1.02. The lowest BCUT2D eigenvalue weighted by molar-refractivity contribution is -0.176. The Balaban J connectivity index is 0. The van der Waals surface area contributed by atoms with Crippen LogP contribution >= 0.6 is 0 Å². The molecule has 138 valence electrons. The van der Waals surface area contributed by atoms with Gasteiger partial charge in [0.25, 0.3) is 0 Å². The van der Waals surface area contributed by atoms with Gasteiger partial charge >= 0.3 is 0 Å². The summed E-state index contributed by atoms with van der Waals surface area (Å²) in [7, 11) is 1.65. The first-order valence-corrected chi connectivity index (χ1v) is 8.00. The summed E-state index contributed by atoms with van der Waals surface area (Å²) in [5, 5.41) is 20.2. The van der Waals surface area contributed by atoms with Crippen LogP contribution < -0.4 is 0 Å². The average molecular weight is 333 g/mol. The Morgan fingerprint density at radius 3 is 2.22 bits per heavy atom. The first kappa shape index (κ1) is 24.2. The first-order valence-electron chi connectivity index (χ1n) is 8.00. The van der Waals surface area contributed by atoms with Crippen LogP contribution in [0.2, 0.25) is 0 Å². The van der Waals surface area contributed by atoms with E-state index in [0.29, 0.717) is 6.73 Å². The van der Waals surface area contributed by atoms with Gasteiger partial charge in [0.1, 0.15) is 6.73 Å². The molecule has 0 saturated heterocycles. The topological polar surface area (TPSA) is 89.6 Å². The second-order valence-corrected chi connectivity index (χ2v) is 6.38. The van der Waals surface area contributed by atoms with Crippen LogP contribution in [0.1, 0.15) is 60.6 Å². The van der Waals surface area contributed by atoms with Crippen molar-refractivity contribution in [2.24, 2.45) is 5.41 Å². The predicted molar refractivity (Wildman–Crippen MR) is 91.4 cm³/mol. The summed E-state index contributed by atoms with van der Waals surface area (Å²) in [5.41, 5.74) is 1.00. The van der Waals surface area contributed by atoms with E-state index in [4.69, 9.17) is 20.0 Å². The zero-order valence-electron chi connectivity index (χ0n) is 16.0. The number of nitrogens with zero attached hydrogens (tertiary/aromatic N) is 3. The van der Waals surface area contributed by atoms with Crippen LogP contribution in [0.4, 0.5) is 0 Å². The standard InChI is InChI=1S/C14H27N3O2.C2H6.H2O2/c1-7-19-14(4,5)10-13(2,3)8-12-9-17(11-18-6)16-15-12;2*1-2/h9H,7-8,10-11H2,1-6H3;1-2H3;1-2H. The van der Waals surface area contributed by atoms with E-state index in [2.05, 4.69) is 38.0 Å². The predicted octanol–water partition coefficient (Wildman–Crippen LogP) is 3.70. The van der Waals surface area contributed by atoms with Crippen molar-refractivity contribution in [1.29, 1.82) is 0 Å². The summed E-state index contributed by atoms with van der Waals surface area (Å²) in [5.74, 6) is 0. The number of hydrogen-bond donors (Lipinski definition) is 2. The molecule has 0 aliphatic heterocycles. The highest BCUT2D eigenvalue weighted by Crippen LogP contribution is 2.32. The van der Waals surface area contributed by atoms with Crippen LogP contribution in [-0.4, -0.2) is 44.8 Å². The van der Waals surface area contributed by atoms with E-state index in [9.17, 15) is 0 Å². The third-order valence-corrected chi connectivity index (χ3v) is 2.95. The van der Waals surface area contributed by atoms with Crippen LogP contribution in [0.15, 0.2) is 6.20 Å². The van der Waals surface area contributed by atoms with Crippen LogP contribution in [-0.2, 0) is 22.6 Å². The molecule has 0 aliphatic carbocycles. The van der Waals surface area contributed by atoms with Gasteiger partial charge in [0, 0.05) is 13.7 Å². The van der Waals surface area contributed by atoms with Gasteiger partial charge in [-0.15, -0.1) is 5.10 Å². The molecule has 0 amide bonds. The summed E-state index contributed by atoms with van der Waals surface area (Å²) in [6.07, 6.45) is 3.80. The number of rotatable bonds is 8. The second-order valence-electron chi connectivity index (χ2n) is 6.38. The summed E-state index contributed by atoms with van der Waals surface area (Å²) in [6.45, 7) is 16.0. The molecule has 0 saturated carbocycles. The van der Waals surface area contributed by atoms with E-state index in [1.165, 1.54) is 0 Å². The molecule has 0 bridgehead atoms. The van der Waals surface area contributed by atoms with E-state index in [0.717, 1.165) is 25.1 Å². The Bertz CT molecular complexity index is 392. The van der Waals surface area contributed by atoms with Gasteiger partial charge in [-0.3, -0.25) is 10.5 Å². The quantitative estimate of drug-likeness (QED) is 0.557. The highest BCUT2D eigenvalue weighted by molar-refractivity contribution is 4.98. The molecular weight excluding hydrogens is 298 g/mol. The zero-order chi connectivity index (χ0) is 18.5. The van der Waals surface area contributed by atoms with Crippen molar-refractivity contribution in [3.05, 3.63) is 11.9 Å². The van der Waals surface area contributed by atoms with Gasteiger partial charge in [-0.25, -0.2) is 4.68 Å². The minimum absolute atomic E-state index is 0.110. The summed E-state index contributed by atoms with van der Waals surface area (Å²) in [6, 6.07) is 0. The fraction of sp³-hybridized carbons (Fsp3) is 0.875. The highest BCUT2D eigenvalue weighted by Gasteiger charge is 2.30. The Morgan fingerprint density at radius 2 is 1.74 bits per heavy atom. The van der Waals surface area contributed by atoms with Gasteiger partial charge in [-0.05, 0) is 39.0 Å². The number of hydrogen-bond acceptors (Lipinski definition) is 6. The smallest absolute Gasteiger partial charge is 0.140 e. The van der Waals surface area contributed by atoms with Crippen LogP contribution in [0.5, 0.6) is 0 Å². The Morgan fingerprint density at radius 1 is 1.17 bits per heavy atom. The molecule has 7 heteroatoms. The van der Waals surface area contributed by atoms with Gasteiger partial charge < -0.3 is 9.47 Å². The average Bonchev–Trinajstić information content (AvgIpc) is 2.88. The largest absolute Gasteiger partial charge is 0.376 e. The maximum Gasteiger partial charge on any atom is 0.140 e. The number of methoxy groups -OCH3 is 1. The normalized spacial score (nSPS) is 11.2. The van der Waals surface area contributed by atoms with Gasteiger partial charge in [-0.2, -0.15) is 0 Å². The van der Waals surface area contributed by atoms with Crippen LogP contribution in [0.3, 0.4) is 0 Å². The van der Waals surface area contributed by atoms with Crippen molar-refractivity contribution in [1.82, 2.24) is 15.0 Å². The number of ether oxygens (including phenoxy) is 2. The van der Waals surface area contributed by atoms with E-state index < -0.39 is 0 Å². The third kappa shape index (κ3) is 11.2. The maximum atomic E-state index is 6.00. The summed E-state index contributed by atoms with van der Waals surface area (Å²) in [4.78, 5) is 0. The van der Waals surface area contributed by atoms with E-state index in [-0.39, 0.29) is 11.0 Å². The SMILES string of the molecule is CC.CCOC(C)(C)CC(C)(C)Cc1cn(COC)nn1.OO. The lowest BCUT2D eigenvalue weighted by Gasteiger charge is -2.34. The minimum Gasteiger partial charge on any atom is -0.376 e. The molecule has 1 heterocycles. The lowest BCUT2D eigenvalue weighted by atomic mass is 9.78. The molecule has 1 rings (SSSR count). The van der Waals surface area contributed by atoms with Crippen molar-refractivity contribution < 1.29 is 20.0 Å². The molecule has 0 aromatic carbocycles. The zero-order valence-corrected chi connectivity index (χ0v) is 16.0. The molecule has 1 aromatic rings. The summed E-state index contributed by atoms with van der Waals surface area (Å²) < 4.78 is 12.5. The fourth-order valence-corrected chi connectivity index (χ4v) is 2.76. The Kier molecular flexibility index (Phi) is 13.1. The fourth-order valence-electron chi connectivity index (χ4n) is 2.76. The van der Waals surface area contributed by atoms with Crippen molar-refractivity contribution in [2.75, 3.05) is 13.7 Å². The van der Waals surface area contributed by atoms with E-state index in [1.807, 2.05) is 27.0 Å². The third-order valence-electron chi connectivity index (χ3n) is 2.95. The molecule has 7 nitrogen and oxygen atoms in total. The van der Waals surface area contributed by atoms with Crippen molar-refractivity contribution in [2.45, 2.75) is 73.6 Å². The first-order chi connectivity index (χ1) is 10.8. The number of aromatic nitrogens is 3. The Labute approximate surface area is 140 Å². The molecule has 2 N–H and O–H groups in total. The van der Waals surface area contributed by atoms with Crippen LogP contribution in [0, 0.1) is 5.41 Å². The van der Waals surface area contributed by atoms with Gasteiger partial charge in [0.2, 0.25) is 0 Å². The second kappa shape index (κ2) is 12.4. The minimum atomic E-state index is -0.110. The molecule has 0 atom stereocenters. The molecule has 0 fully saturated rings. The van der Waals surface area contributed by atoms with Crippen LogP contribution in [0.25, 0.3) is 0 Å². The van der Waals surface area contributed by atoms with Crippen molar-refractivity contribution >= 4 is 0 Å². The van der Waals surface area contributed by atoms with Gasteiger partial charge in [-0.1, -0.05) is 32.9 Å².